The van der Waals surface area contributed by atoms with Crippen LogP contribution in [0.3, 0.4) is 0 Å². The molecule has 0 saturated heterocycles. The van der Waals surface area contributed by atoms with Gasteiger partial charge in [-0.15, -0.1) is 6.42 Å². The number of nitrogens with zero attached hydrogens (tertiary/aromatic N) is 2. The highest BCUT2D eigenvalue weighted by Gasteiger charge is 2.22. The first-order valence-electron chi connectivity index (χ1n) is 4.71. The van der Waals surface area contributed by atoms with Crippen LogP contribution in [-0.2, 0) is 4.79 Å². The quantitative estimate of drug-likeness (QED) is 0.618. The Hall–Kier alpha value is -1.74. The number of carbonyl (C=O) groups is 2. The van der Waals surface area contributed by atoms with Gasteiger partial charge in [0.15, 0.2) is 0 Å². The Morgan fingerprint density at radius 2 is 2.06 bits per heavy atom. The number of urea groups is 1. The van der Waals surface area contributed by atoms with E-state index in [0.717, 1.165) is 4.90 Å². The zero-order valence-corrected chi connectivity index (χ0v) is 9.38. The second-order valence-corrected chi connectivity index (χ2v) is 3.38. The number of rotatable bonds is 5. The lowest BCUT2D eigenvalue weighted by Gasteiger charge is -2.29. The highest BCUT2D eigenvalue weighted by Crippen LogP contribution is 2.01. The molecule has 0 aromatic rings. The van der Waals surface area contributed by atoms with E-state index in [2.05, 4.69) is 5.92 Å². The van der Waals surface area contributed by atoms with E-state index >= 15 is 0 Å². The molecule has 1 atom stereocenters. The van der Waals surface area contributed by atoms with Crippen LogP contribution in [0.15, 0.2) is 0 Å². The van der Waals surface area contributed by atoms with Crippen molar-refractivity contribution in [2.45, 2.75) is 13.0 Å². The maximum atomic E-state index is 11.8. The summed E-state index contributed by atoms with van der Waals surface area (Å²) < 4.78 is 0. The van der Waals surface area contributed by atoms with Crippen LogP contribution in [-0.4, -0.2) is 64.8 Å². The highest BCUT2D eigenvalue weighted by atomic mass is 16.4. The largest absolute Gasteiger partial charge is 0.480 e. The van der Waals surface area contributed by atoms with Crippen molar-refractivity contribution in [3.63, 3.8) is 0 Å². The van der Waals surface area contributed by atoms with Gasteiger partial charge in [-0.1, -0.05) is 5.92 Å². The van der Waals surface area contributed by atoms with Crippen molar-refractivity contribution in [1.29, 1.82) is 0 Å². The number of carboxylic acids is 1. The number of carboxylic acid groups (broad SMARTS) is 1. The van der Waals surface area contributed by atoms with Gasteiger partial charge >= 0.3 is 12.0 Å². The third-order valence-electron chi connectivity index (χ3n) is 2.11. The van der Waals surface area contributed by atoms with Crippen LogP contribution >= 0.6 is 0 Å². The van der Waals surface area contributed by atoms with E-state index in [1.807, 2.05) is 0 Å². The number of aliphatic hydroxyl groups is 1. The third kappa shape index (κ3) is 4.19. The van der Waals surface area contributed by atoms with E-state index in [1.165, 1.54) is 11.9 Å². The molecule has 0 aliphatic carbocycles. The van der Waals surface area contributed by atoms with Crippen molar-refractivity contribution < 1.29 is 19.8 Å². The Labute approximate surface area is 94.5 Å². The summed E-state index contributed by atoms with van der Waals surface area (Å²) in [6.45, 7) is 0.922. The molecule has 2 amide bonds. The van der Waals surface area contributed by atoms with Crippen molar-refractivity contribution in [3.05, 3.63) is 0 Å². The number of hydrogen-bond acceptors (Lipinski definition) is 3. The second kappa shape index (κ2) is 6.69. The number of amides is 2. The summed E-state index contributed by atoms with van der Waals surface area (Å²) in [4.78, 5) is 24.5. The number of aliphatic hydroxyl groups excluding tert-OH is 1. The summed E-state index contributed by atoms with van der Waals surface area (Å²) in [5, 5.41) is 17.5. The molecule has 0 aliphatic heterocycles. The second-order valence-electron chi connectivity index (χ2n) is 3.38. The standard InChI is InChI=1S/C10H16N2O4/c1-4-5-12(6-9(14)15)10(16)11(3)8(2)7-13/h1,8,13H,5-7H2,2-3H3,(H,14,15). The van der Waals surface area contributed by atoms with Gasteiger partial charge in [0.25, 0.3) is 0 Å². The predicted octanol–water partition coefficient (Wildman–Crippen LogP) is -0.561. The summed E-state index contributed by atoms with van der Waals surface area (Å²) in [6, 6.07) is -0.900. The molecule has 0 heterocycles. The van der Waals surface area contributed by atoms with Crippen molar-refractivity contribution in [1.82, 2.24) is 9.80 Å². The average molecular weight is 228 g/mol. The van der Waals surface area contributed by atoms with Crippen LogP contribution < -0.4 is 0 Å². The Bertz CT molecular complexity index is 298. The minimum Gasteiger partial charge on any atom is -0.480 e. The molecular weight excluding hydrogens is 212 g/mol. The summed E-state index contributed by atoms with van der Waals surface area (Å²) in [5.41, 5.74) is 0. The maximum Gasteiger partial charge on any atom is 0.323 e. The molecule has 90 valence electrons. The van der Waals surface area contributed by atoms with Gasteiger partial charge in [0.05, 0.1) is 19.2 Å². The van der Waals surface area contributed by atoms with Crippen LogP contribution in [0.1, 0.15) is 6.92 Å². The molecular formula is C10H16N2O4. The normalized spacial score (nSPS) is 11.4. The topological polar surface area (TPSA) is 81.1 Å². The van der Waals surface area contributed by atoms with Crippen LogP contribution in [0.4, 0.5) is 4.79 Å². The number of aliphatic carboxylic acids is 1. The fraction of sp³-hybridized carbons (Fsp3) is 0.600. The minimum absolute atomic E-state index is 0.0758. The number of likely N-dealkylation sites (N-methyl/N-ethyl adjacent to an activating group) is 1. The van der Waals surface area contributed by atoms with Crippen LogP contribution in [0.2, 0.25) is 0 Å². The lowest BCUT2D eigenvalue weighted by atomic mass is 10.3. The Morgan fingerprint density at radius 1 is 1.50 bits per heavy atom. The van der Waals surface area contributed by atoms with Gasteiger partial charge in [0, 0.05) is 7.05 Å². The van der Waals surface area contributed by atoms with Crippen molar-refractivity contribution in [2.75, 3.05) is 26.7 Å². The fourth-order valence-electron chi connectivity index (χ4n) is 0.999. The first-order valence-corrected chi connectivity index (χ1v) is 4.71. The maximum absolute atomic E-state index is 11.8. The van der Waals surface area contributed by atoms with Crippen LogP contribution in [0.5, 0.6) is 0 Å². The molecule has 0 spiro atoms. The lowest BCUT2D eigenvalue weighted by Crippen LogP contribution is -2.48. The van der Waals surface area contributed by atoms with Gasteiger partial charge in [-0.2, -0.15) is 0 Å². The lowest BCUT2D eigenvalue weighted by molar-refractivity contribution is -0.137. The average Bonchev–Trinajstić information content (AvgIpc) is 2.24. The monoisotopic (exact) mass is 228 g/mol. The number of terminal acetylenes is 1. The Morgan fingerprint density at radius 3 is 2.44 bits per heavy atom. The summed E-state index contributed by atoms with van der Waals surface area (Å²) in [6.07, 6.45) is 5.05. The summed E-state index contributed by atoms with van der Waals surface area (Å²) in [7, 11) is 1.48. The smallest absolute Gasteiger partial charge is 0.323 e. The molecule has 16 heavy (non-hydrogen) atoms. The van der Waals surface area contributed by atoms with Gasteiger partial charge < -0.3 is 20.0 Å². The molecule has 1 unspecified atom stereocenters. The molecule has 0 aromatic carbocycles. The minimum atomic E-state index is -1.13. The van der Waals surface area contributed by atoms with E-state index in [-0.39, 0.29) is 19.2 Å². The van der Waals surface area contributed by atoms with E-state index in [0.29, 0.717) is 0 Å². The van der Waals surface area contributed by atoms with Crippen molar-refractivity contribution >= 4 is 12.0 Å². The van der Waals surface area contributed by atoms with E-state index in [1.54, 1.807) is 6.92 Å². The first-order chi connectivity index (χ1) is 7.43. The molecule has 6 heteroatoms. The Kier molecular flexibility index (Phi) is 5.96. The molecule has 6 nitrogen and oxygen atoms in total. The molecule has 0 radical (unpaired) electrons. The molecule has 0 aromatic heterocycles. The first kappa shape index (κ1) is 14.3. The summed E-state index contributed by atoms with van der Waals surface area (Å²) in [5.74, 6) is 1.09. The van der Waals surface area contributed by atoms with E-state index in [9.17, 15) is 9.59 Å². The van der Waals surface area contributed by atoms with Crippen LogP contribution in [0.25, 0.3) is 0 Å². The number of hydrogen-bond donors (Lipinski definition) is 2. The van der Waals surface area contributed by atoms with Gasteiger partial charge in [-0.05, 0) is 6.92 Å². The molecule has 0 aliphatic rings. The zero-order chi connectivity index (χ0) is 12.7. The van der Waals surface area contributed by atoms with Crippen molar-refractivity contribution in [2.24, 2.45) is 0 Å². The van der Waals surface area contributed by atoms with Crippen LogP contribution in [0, 0.1) is 12.3 Å². The van der Waals surface area contributed by atoms with Gasteiger partial charge in [-0.3, -0.25) is 4.79 Å². The molecule has 0 saturated carbocycles. The number of carbonyl (C=O) groups excluding carboxylic acids is 1. The third-order valence-corrected chi connectivity index (χ3v) is 2.11. The SMILES string of the molecule is C#CCN(CC(=O)O)C(=O)N(C)C(C)CO. The fourth-order valence-corrected chi connectivity index (χ4v) is 0.999. The summed E-state index contributed by atoms with van der Waals surface area (Å²) >= 11 is 0. The molecule has 0 bridgehead atoms. The molecule has 2 N–H and O–H groups in total. The molecule has 0 fully saturated rings. The molecule has 0 rings (SSSR count). The highest BCUT2D eigenvalue weighted by molar-refractivity contribution is 5.80. The van der Waals surface area contributed by atoms with E-state index < -0.39 is 18.5 Å². The van der Waals surface area contributed by atoms with Gasteiger partial charge in [-0.25, -0.2) is 4.79 Å². The van der Waals surface area contributed by atoms with Crippen molar-refractivity contribution in [3.8, 4) is 12.3 Å². The predicted molar refractivity (Wildman–Crippen MR) is 57.7 cm³/mol. The van der Waals surface area contributed by atoms with E-state index in [4.69, 9.17) is 16.6 Å². The van der Waals surface area contributed by atoms with Gasteiger partial charge in [0.1, 0.15) is 6.54 Å². The van der Waals surface area contributed by atoms with Gasteiger partial charge in [0.2, 0.25) is 0 Å². The zero-order valence-electron chi connectivity index (χ0n) is 9.38. The Balaban J connectivity index is 4.60.